The van der Waals surface area contributed by atoms with Gasteiger partial charge in [0.25, 0.3) is 5.91 Å². The molecule has 1 aliphatic heterocycles. The molecule has 0 saturated carbocycles. The molecule has 0 radical (unpaired) electrons. The number of rotatable bonds is 2. The number of imidazole rings is 1. The molecule has 1 aromatic carbocycles. The van der Waals surface area contributed by atoms with Crippen LogP contribution in [0.2, 0.25) is 0 Å². The average Bonchev–Trinajstić information content (AvgIpc) is 3.12. The standard InChI is InChI=1S/C18H20N4OS/c1-18(2,3)17-20-13-6-4-5-7-15(13)22(17)12-8-21(9-12)16(23)14-10-24-11-19-14/h4-7,10-12H,8-9H2,1-3H3. The second-order valence-electron chi connectivity index (χ2n) is 7.28. The van der Waals surface area contributed by atoms with Gasteiger partial charge in [-0.05, 0) is 12.1 Å². The van der Waals surface area contributed by atoms with Crippen molar-refractivity contribution in [2.24, 2.45) is 0 Å². The van der Waals surface area contributed by atoms with Crippen LogP contribution >= 0.6 is 11.3 Å². The number of amides is 1. The Bertz CT molecular complexity index is 886. The summed E-state index contributed by atoms with van der Waals surface area (Å²) in [6.45, 7) is 7.96. The molecule has 3 aromatic rings. The fourth-order valence-corrected chi connectivity index (χ4v) is 3.73. The molecule has 6 heteroatoms. The third kappa shape index (κ3) is 2.41. The summed E-state index contributed by atoms with van der Waals surface area (Å²) < 4.78 is 2.32. The van der Waals surface area contributed by atoms with E-state index in [2.05, 4.69) is 42.5 Å². The Morgan fingerprint density at radius 3 is 2.67 bits per heavy atom. The molecule has 3 heterocycles. The van der Waals surface area contributed by atoms with Gasteiger partial charge in [-0.15, -0.1) is 11.3 Å². The maximum Gasteiger partial charge on any atom is 0.273 e. The van der Waals surface area contributed by atoms with Crippen molar-refractivity contribution in [1.82, 2.24) is 19.4 Å². The Kier molecular flexibility index (Phi) is 3.46. The topological polar surface area (TPSA) is 51.0 Å². The van der Waals surface area contributed by atoms with Crippen LogP contribution in [0.5, 0.6) is 0 Å². The Morgan fingerprint density at radius 1 is 1.25 bits per heavy atom. The van der Waals surface area contributed by atoms with Crippen LogP contribution in [0.4, 0.5) is 0 Å². The summed E-state index contributed by atoms with van der Waals surface area (Å²) in [7, 11) is 0. The van der Waals surface area contributed by atoms with Crippen LogP contribution in [0.25, 0.3) is 11.0 Å². The largest absolute Gasteiger partial charge is 0.333 e. The minimum atomic E-state index is -0.0433. The minimum absolute atomic E-state index is 0.0224. The van der Waals surface area contributed by atoms with Gasteiger partial charge in [0.05, 0.1) is 22.6 Å². The van der Waals surface area contributed by atoms with E-state index >= 15 is 0 Å². The van der Waals surface area contributed by atoms with Gasteiger partial charge in [-0.1, -0.05) is 32.9 Å². The fourth-order valence-electron chi connectivity index (χ4n) is 3.21. The zero-order chi connectivity index (χ0) is 16.9. The van der Waals surface area contributed by atoms with Gasteiger partial charge in [-0.3, -0.25) is 4.79 Å². The summed E-state index contributed by atoms with van der Waals surface area (Å²) in [5, 5.41) is 1.81. The third-order valence-corrected chi connectivity index (χ3v) is 5.02. The van der Waals surface area contributed by atoms with Crippen molar-refractivity contribution in [2.75, 3.05) is 13.1 Å². The zero-order valence-corrected chi connectivity index (χ0v) is 14.9. The predicted molar refractivity (Wildman–Crippen MR) is 95.5 cm³/mol. The van der Waals surface area contributed by atoms with Crippen LogP contribution in [-0.2, 0) is 5.41 Å². The van der Waals surface area contributed by atoms with E-state index in [4.69, 9.17) is 4.98 Å². The molecule has 0 bridgehead atoms. The van der Waals surface area contributed by atoms with E-state index in [0.717, 1.165) is 16.9 Å². The molecular weight excluding hydrogens is 320 g/mol. The van der Waals surface area contributed by atoms with Crippen molar-refractivity contribution in [3.8, 4) is 0 Å². The number of carbonyl (C=O) groups is 1. The van der Waals surface area contributed by atoms with Crippen LogP contribution < -0.4 is 0 Å². The van der Waals surface area contributed by atoms with E-state index in [9.17, 15) is 4.79 Å². The third-order valence-electron chi connectivity index (χ3n) is 4.43. The number of hydrogen-bond acceptors (Lipinski definition) is 4. The Hall–Kier alpha value is -2.21. The summed E-state index contributed by atoms with van der Waals surface area (Å²) in [5.74, 6) is 1.10. The molecule has 0 aliphatic carbocycles. The van der Waals surface area contributed by atoms with Gasteiger partial charge < -0.3 is 9.47 Å². The normalized spacial score (nSPS) is 15.7. The lowest BCUT2D eigenvalue weighted by atomic mass is 9.94. The minimum Gasteiger partial charge on any atom is -0.333 e. The molecule has 124 valence electrons. The number of para-hydroxylation sites is 2. The van der Waals surface area contributed by atoms with Crippen LogP contribution in [0.15, 0.2) is 35.2 Å². The van der Waals surface area contributed by atoms with Crippen LogP contribution in [-0.4, -0.2) is 38.4 Å². The highest BCUT2D eigenvalue weighted by Crippen LogP contribution is 2.33. The second-order valence-corrected chi connectivity index (χ2v) is 8.00. The Morgan fingerprint density at radius 2 is 2.00 bits per heavy atom. The average molecular weight is 340 g/mol. The van der Waals surface area contributed by atoms with Gasteiger partial charge in [-0.2, -0.15) is 0 Å². The quantitative estimate of drug-likeness (QED) is 0.717. The SMILES string of the molecule is CC(C)(C)c1nc2ccccc2n1C1CN(C(=O)c2cscn2)C1. The van der Waals surface area contributed by atoms with Crippen molar-refractivity contribution < 1.29 is 4.79 Å². The first-order chi connectivity index (χ1) is 11.4. The van der Waals surface area contributed by atoms with Gasteiger partial charge >= 0.3 is 0 Å². The number of carbonyl (C=O) groups excluding carboxylic acids is 1. The lowest BCUT2D eigenvalue weighted by molar-refractivity contribution is 0.0513. The second kappa shape index (κ2) is 5.41. The Labute approximate surface area is 145 Å². The number of hydrogen-bond donors (Lipinski definition) is 0. The molecule has 0 N–H and O–H groups in total. The van der Waals surface area contributed by atoms with E-state index in [1.807, 2.05) is 22.4 Å². The highest BCUT2D eigenvalue weighted by atomic mass is 32.1. The Balaban J connectivity index is 1.65. The zero-order valence-electron chi connectivity index (χ0n) is 14.1. The van der Waals surface area contributed by atoms with Crippen molar-refractivity contribution >= 4 is 28.3 Å². The first-order valence-electron chi connectivity index (χ1n) is 8.10. The number of benzene rings is 1. The molecule has 24 heavy (non-hydrogen) atoms. The van der Waals surface area contributed by atoms with Gasteiger partial charge in [0.2, 0.25) is 0 Å². The number of fused-ring (bicyclic) bond motifs is 1. The van der Waals surface area contributed by atoms with Crippen LogP contribution in [0, 0.1) is 0 Å². The van der Waals surface area contributed by atoms with E-state index in [1.165, 1.54) is 11.3 Å². The number of thiazole rings is 1. The molecule has 0 atom stereocenters. The molecule has 0 spiro atoms. The monoisotopic (exact) mass is 340 g/mol. The molecule has 2 aromatic heterocycles. The molecule has 1 fully saturated rings. The molecule has 1 saturated heterocycles. The van der Waals surface area contributed by atoms with Gasteiger partial charge in [0.15, 0.2) is 0 Å². The predicted octanol–water partition coefficient (Wildman–Crippen LogP) is 3.49. The van der Waals surface area contributed by atoms with Crippen molar-refractivity contribution in [1.29, 1.82) is 0 Å². The highest BCUT2D eigenvalue weighted by molar-refractivity contribution is 7.07. The number of nitrogens with zero attached hydrogens (tertiary/aromatic N) is 4. The van der Waals surface area contributed by atoms with Crippen molar-refractivity contribution in [3.05, 3.63) is 46.7 Å². The van der Waals surface area contributed by atoms with Crippen molar-refractivity contribution in [2.45, 2.75) is 32.2 Å². The smallest absolute Gasteiger partial charge is 0.273 e. The van der Waals surface area contributed by atoms with Crippen LogP contribution in [0.3, 0.4) is 0 Å². The van der Waals surface area contributed by atoms with E-state index in [0.29, 0.717) is 18.8 Å². The summed E-state index contributed by atoms with van der Waals surface area (Å²) >= 11 is 1.45. The fraction of sp³-hybridized carbons (Fsp3) is 0.389. The molecular formula is C18H20N4OS. The van der Waals surface area contributed by atoms with E-state index < -0.39 is 0 Å². The first kappa shape index (κ1) is 15.3. The number of aromatic nitrogens is 3. The van der Waals surface area contributed by atoms with Gasteiger partial charge in [-0.25, -0.2) is 9.97 Å². The van der Waals surface area contributed by atoms with Crippen LogP contribution in [0.1, 0.15) is 43.1 Å². The molecule has 0 unspecified atom stereocenters. The maximum atomic E-state index is 12.4. The summed E-state index contributed by atoms with van der Waals surface area (Å²) in [5.41, 5.74) is 4.37. The lowest BCUT2D eigenvalue weighted by Gasteiger charge is -2.41. The summed E-state index contributed by atoms with van der Waals surface area (Å²) in [6.07, 6.45) is 0. The van der Waals surface area contributed by atoms with Crippen molar-refractivity contribution in [3.63, 3.8) is 0 Å². The van der Waals surface area contributed by atoms with E-state index in [1.54, 1.807) is 5.51 Å². The van der Waals surface area contributed by atoms with Gasteiger partial charge in [0, 0.05) is 23.9 Å². The molecule has 4 rings (SSSR count). The molecule has 1 amide bonds. The van der Waals surface area contributed by atoms with Gasteiger partial charge in [0.1, 0.15) is 11.5 Å². The summed E-state index contributed by atoms with van der Waals surface area (Å²) in [4.78, 5) is 23.2. The highest BCUT2D eigenvalue weighted by Gasteiger charge is 2.37. The molecule has 1 aliphatic rings. The number of likely N-dealkylation sites (tertiary alicyclic amines) is 1. The lowest BCUT2D eigenvalue weighted by Crippen LogP contribution is -2.51. The first-order valence-corrected chi connectivity index (χ1v) is 9.04. The summed E-state index contributed by atoms with van der Waals surface area (Å²) in [6, 6.07) is 8.50. The maximum absolute atomic E-state index is 12.4. The van der Waals surface area contributed by atoms with E-state index in [-0.39, 0.29) is 17.4 Å². The molecule has 5 nitrogen and oxygen atoms in total.